The lowest BCUT2D eigenvalue weighted by Gasteiger charge is -2.10. The summed E-state index contributed by atoms with van der Waals surface area (Å²) in [5.74, 6) is 0. The van der Waals surface area contributed by atoms with Crippen molar-refractivity contribution < 1.29 is 22.8 Å². The first-order valence-electron chi connectivity index (χ1n) is 5.12. The summed E-state index contributed by atoms with van der Waals surface area (Å²) in [5, 5.41) is 17.6. The molecule has 0 bridgehead atoms. The van der Waals surface area contributed by atoms with Crippen molar-refractivity contribution in [2.24, 2.45) is 0 Å². The molecule has 1 unspecified atom stereocenters. The molecule has 0 aliphatic heterocycles. The molecule has 0 amide bonds. The molecule has 5 nitrogen and oxygen atoms in total. The largest absolute Gasteiger partial charge is 0.394 e. The van der Waals surface area contributed by atoms with Crippen molar-refractivity contribution in [2.75, 3.05) is 13.2 Å². The topological polar surface area (TPSA) is 83.8 Å². The zero-order chi connectivity index (χ0) is 13.1. The first-order chi connectivity index (χ1) is 7.86. The Balaban J connectivity index is 2.90. The monoisotopic (exact) mass is 260 g/mol. The molecule has 0 saturated carbocycles. The van der Waals surface area contributed by atoms with E-state index in [9.17, 15) is 8.42 Å². The summed E-state index contributed by atoms with van der Waals surface area (Å²) in [6.07, 6.45) is -1.20. The molecular formula is C11H16O5S. The highest BCUT2D eigenvalue weighted by atomic mass is 32.2. The van der Waals surface area contributed by atoms with Gasteiger partial charge in [-0.15, -0.1) is 0 Å². The maximum atomic E-state index is 11.8. The van der Waals surface area contributed by atoms with Crippen LogP contribution in [-0.4, -0.2) is 37.9 Å². The van der Waals surface area contributed by atoms with Crippen LogP contribution in [0.15, 0.2) is 23.1 Å². The molecule has 1 atom stereocenters. The van der Waals surface area contributed by atoms with Crippen LogP contribution in [0.4, 0.5) is 0 Å². The first-order valence-corrected chi connectivity index (χ1v) is 6.53. The molecule has 0 saturated heterocycles. The van der Waals surface area contributed by atoms with Gasteiger partial charge in [0.2, 0.25) is 0 Å². The standard InChI is InChI=1S/C11H16O5S/c1-8-3-4-11(9(2)5-8)17(14,15)16-7-10(13)6-12/h3-5,10,12-13H,6-7H2,1-2H3. The van der Waals surface area contributed by atoms with Gasteiger partial charge in [0.1, 0.15) is 6.10 Å². The van der Waals surface area contributed by atoms with E-state index < -0.39 is 29.4 Å². The second-order valence-corrected chi connectivity index (χ2v) is 5.43. The van der Waals surface area contributed by atoms with Crippen LogP contribution < -0.4 is 0 Å². The van der Waals surface area contributed by atoms with E-state index in [1.54, 1.807) is 19.1 Å². The van der Waals surface area contributed by atoms with Crippen molar-refractivity contribution in [3.63, 3.8) is 0 Å². The van der Waals surface area contributed by atoms with Crippen LogP contribution in [0, 0.1) is 13.8 Å². The fraction of sp³-hybridized carbons (Fsp3) is 0.455. The highest BCUT2D eigenvalue weighted by molar-refractivity contribution is 7.86. The summed E-state index contributed by atoms with van der Waals surface area (Å²) in [4.78, 5) is 0.0771. The Morgan fingerprint density at radius 1 is 1.35 bits per heavy atom. The van der Waals surface area contributed by atoms with Crippen LogP contribution in [0.1, 0.15) is 11.1 Å². The molecule has 0 radical (unpaired) electrons. The van der Waals surface area contributed by atoms with Gasteiger partial charge in [-0.3, -0.25) is 4.18 Å². The van der Waals surface area contributed by atoms with Crippen molar-refractivity contribution in [2.45, 2.75) is 24.8 Å². The molecule has 2 N–H and O–H groups in total. The van der Waals surface area contributed by atoms with Gasteiger partial charge in [-0.05, 0) is 25.5 Å². The van der Waals surface area contributed by atoms with Crippen LogP contribution in [0.5, 0.6) is 0 Å². The lowest BCUT2D eigenvalue weighted by atomic mass is 10.2. The molecule has 6 heteroatoms. The predicted molar refractivity (Wildman–Crippen MR) is 62.1 cm³/mol. The number of hydrogen-bond acceptors (Lipinski definition) is 5. The lowest BCUT2D eigenvalue weighted by molar-refractivity contribution is 0.0557. The van der Waals surface area contributed by atoms with Crippen LogP contribution >= 0.6 is 0 Å². The zero-order valence-corrected chi connectivity index (χ0v) is 10.6. The van der Waals surface area contributed by atoms with E-state index in [1.807, 2.05) is 6.92 Å². The van der Waals surface area contributed by atoms with Gasteiger partial charge in [0.15, 0.2) is 0 Å². The van der Waals surface area contributed by atoms with Crippen LogP contribution in [0.25, 0.3) is 0 Å². The van der Waals surface area contributed by atoms with Crippen molar-refractivity contribution in [3.8, 4) is 0 Å². The van der Waals surface area contributed by atoms with Crippen molar-refractivity contribution in [1.29, 1.82) is 0 Å². The molecule has 0 aliphatic carbocycles. The van der Waals surface area contributed by atoms with Gasteiger partial charge in [-0.1, -0.05) is 17.7 Å². The molecule has 0 fully saturated rings. The number of aliphatic hydroxyl groups excluding tert-OH is 2. The van der Waals surface area contributed by atoms with E-state index in [2.05, 4.69) is 4.18 Å². The second kappa shape index (κ2) is 5.59. The van der Waals surface area contributed by atoms with Gasteiger partial charge in [-0.2, -0.15) is 8.42 Å². The maximum absolute atomic E-state index is 11.8. The Morgan fingerprint density at radius 3 is 2.53 bits per heavy atom. The lowest BCUT2D eigenvalue weighted by Crippen LogP contribution is -2.22. The molecule has 1 aromatic rings. The van der Waals surface area contributed by atoms with Gasteiger partial charge in [0.25, 0.3) is 10.1 Å². The molecule has 0 aromatic heterocycles. The summed E-state index contributed by atoms with van der Waals surface area (Å²) in [6.45, 7) is 2.54. The number of benzene rings is 1. The quantitative estimate of drug-likeness (QED) is 0.747. The summed E-state index contributed by atoms with van der Waals surface area (Å²) >= 11 is 0. The summed E-state index contributed by atoms with van der Waals surface area (Å²) in [6, 6.07) is 4.87. The van der Waals surface area contributed by atoms with E-state index >= 15 is 0 Å². The highest BCUT2D eigenvalue weighted by Crippen LogP contribution is 2.18. The third kappa shape index (κ3) is 3.78. The Morgan fingerprint density at radius 2 is 2.00 bits per heavy atom. The fourth-order valence-corrected chi connectivity index (χ4v) is 2.52. The molecule has 0 spiro atoms. The Labute approximate surface area is 101 Å². The number of rotatable bonds is 5. The predicted octanol–water partition coefficient (Wildman–Crippen LogP) is 0.362. The van der Waals surface area contributed by atoms with E-state index in [0.29, 0.717) is 5.56 Å². The van der Waals surface area contributed by atoms with Gasteiger partial charge < -0.3 is 10.2 Å². The smallest absolute Gasteiger partial charge is 0.297 e. The normalized spacial score (nSPS) is 13.6. The van der Waals surface area contributed by atoms with Crippen LogP contribution in [-0.2, 0) is 14.3 Å². The summed E-state index contributed by atoms with van der Waals surface area (Å²) in [5.41, 5.74) is 1.54. The molecular weight excluding hydrogens is 244 g/mol. The van der Waals surface area contributed by atoms with E-state index in [1.165, 1.54) is 6.07 Å². The average Bonchev–Trinajstić information content (AvgIpc) is 2.25. The fourth-order valence-electron chi connectivity index (χ4n) is 1.36. The van der Waals surface area contributed by atoms with Crippen molar-refractivity contribution in [1.82, 2.24) is 0 Å². The minimum Gasteiger partial charge on any atom is -0.394 e. The van der Waals surface area contributed by atoms with Gasteiger partial charge in [0.05, 0.1) is 18.1 Å². The average molecular weight is 260 g/mol. The SMILES string of the molecule is Cc1ccc(S(=O)(=O)OCC(O)CO)c(C)c1. The minimum atomic E-state index is -3.88. The highest BCUT2D eigenvalue weighted by Gasteiger charge is 2.19. The second-order valence-electron chi connectivity index (χ2n) is 3.84. The van der Waals surface area contributed by atoms with E-state index in [0.717, 1.165) is 5.56 Å². The third-order valence-electron chi connectivity index (χ3n) is 2.23. The molecule has 0 aliphatic rings. The van der Waals surface area contributed by atoms with Gasteiger partial charge >= 0.3 is 0 Å². The summed E-state index contributed by atoms with van der Waals surface area (Å²) < 4.78 is 28.2. The third-order valence-corrected chi connectivity index (χ3v) is 3.67. The van der Waals surface area contributed by atoms with E-state index in [-0.39, 0.29) is 4.90 Å². The van der Waals surface area contributed by atoms with Crippen molar-refractivity contribution >= 4 is 10.1 Å². The Bertz CT molecular complexity index is 481. The minimum absolute atomic E-state index is 0.0771. The number of hydrogen-bond donors (Lipinski definition) is 2. The zero-order valence-electron chi connectivity index (χ0n) is 9.75. The molecule has 0 heterocycles. The maximum Gasteiger partial charge on any atom is 0.297 e. The number of aryl methyl sites for hydroxylation is 2. The van der Waals surface area contributed by atoms with Crippen LogP contribution in [0.2, 0.25) is 0 Å². The van der Waals surface area contributed by atoms with Crippen molar-refractivity contribution in [3.05, 3.63) is 29.3 Å². The van der Waals surface area contributed by atoms with Gasteiger partial charge in [0, 0.05) is 0 Å². The first kappa shape index (κ1) is 14.1. The Hall–Kier alpha value is -0.950. The Kier molecular flexibility index (Phi) is 4.64. The summed E-state index contributed by atoms with van der Waals surface area (Å²) in [7, 11) is -3.88. The van der Waals surface area contributed by atoms with E-state index in [4.69, 9.17) is 10.2 Å². The molecule has 1 aromatic carbocycles. The molecule has 1 rings (SSSR count). The molecule has 17 heavy (non-hydrogen) atoms. The molecule has 96 valence electrons. The number of aliphatic hydroxyl groups is 2. The van der Waals surface area contributed by atoms with Gasteiger partial charge in [-0.25, -0.2) is 0 Å². The van der Waals surface area contributed by atoms with Crippen LogP contribution in [0.3, 0.4) is 0 Å².